The number of benzene rings is 1. The zero-order valence-electron chi connectivity index (χ0n) is 7.98. The van der Waals surface area contributed by atoms with E-state index < -0.39 is 0 Å². The van der Waals surface area contributed by atoms with Gasteiger partial charge in [-0.25, -0.2) is 0 Å². The van der Waals surface area contributed by atoms with Gasteiger partial charge in [0.2, 0.25) is 0 Å². The van der Waals surface area contributed by atoms with Gasteiger partial charge in [-0.3, -0.25) is 0 Å². The van der Waals surface area contributed by atoms with E-state index in [4.69, 9.17) is 0 Å². The first kappa shape index (κ1) is 7.05. The molecule has 3 atom stereocenters. The van der Waals surface area contributed by atoms with Gasteiger partial charge in [-0.1, -0.05) is 48.1 Å². The van der Waals surface area contributed by atoms with Crippen molar-refractivity contribution in [3.8, 4) is 0 Å². The molecule has 0 spiro atoms. The maximum absolute atomic E-state index is 2.43. The molecule has 3 aliphatic rings. The Labute approximate surface area is 84.0 Å². The summed E-state index contributed by atoms with van der Waals surface area (Å²) in [7, 11) is 0. The zero-order valence-corrected chi connectivity index (χ0v) is 7.98. The van der Waals surface area contributed by atoms with Crippen molar-refractivity contribution in [2.24, 2.45) is 11.8 Å². The fraction of sp³-hybridized carbons (Fsp3) is 0.286. The molecule has 3 aliphatic carbocycles. The van der Waals surface area contributed by atoms with Crippen LogP contribution >= 0.6 is 0 Å². The molecule has 2 bridgehead atoms. The molecule has 3 unspecified atom stereocenters. The Morgan fingerprint density at radius 3 is 3.00 bits per heavy atom. The van der Waals surface area contributed by atoms with E-state index in [0.717, 1.165) is 17.8 Å². The molecule has 0 heterocycles. The van der Waals surface area contributed by atoms with Crippen molar-refractivity contribution in [2.75, 3.05) is 0 Å². The predicted molar refractivity (Wildman–Crippen MR) is 57.9 cm³/mol. The van der Waals surface area contributed by atoms with Crippen LogP contribution in [-0.4, -0.2) is 0 Å². The molecule has 1 fully saturated rings. The van der Waals surface area contributed by atoms with E-state index in [0.29, 0.717) is 0 Å². The van der Waals surface area contributed by atoms with E-state index in [1.807, 2.05) is 0 Å². The topological polar surface area (TPSA) is 0 Å². The smallest absolute Gasteiger partial charge is 0.0126 e. The minimum Gasteiger partial charge on any atom is -0.0838 e. The number of rotatable bonds is 0. The molecule has 1 aromatic rings. The third-order valence-corrected chi connectivity index (χ3v) is 3.99. The second-order valence-electron chi connectivity index (χ2n) is 4.64. The monoisotopic (exact) mass is 180 g/mol. The number of hydrogen-bond acceptors (Lipinski definition) is 0. The Bertz CT molecular complexity index is 465. The van der Waals surface area contributed by atoms with Crippen LogP contribution < -0.4 is 0 Å². The van der Waals surface area contributed by atoms with Gasteiger partial charge >= 0.3 is 0 Å². The Hall–Kier alpha value is -1.30. The minimum atomic E-state index is 0.737. The standard InChI is InChI=1S/C14H12/c1-2-4-12-9(3-1)8-13-10-5-6-11(7-10)14(12)13/h1-6,8,10-11,14H,7H2. The van der Waals surface area contributed by atoms with Gasteiger partial charge < -0.3 is 0 Å². The van der Waals surface area contributed by atoms with E-state index >= 15 is 0 Å². The molecule has 1 aromatic carbocycles. The van der Waals surface area contributed by atoms with Crippen LogP contribution in [0.15, 0.2) is 42.0 Å². The average molecular weight is 180 g/mol. The highest BCUT2D eigenvalue weighted by atomic mass is 14.5. The van der Waals surface area contributed by atoms with Crippen molar-refractivity contribution in [1.82, 2.24) is 0 Å². The Kier molecular flexibility index (Phi) is 1.11. The lowest BCUT2D eigenvalue weighted by Crippen LogP contribution is -2.04. The van der Waals surface area contributed by atoms with Crippen molar-refractivity contribution >= 4 is 6.08 Å². The number of fused-ring (bicyclic) bond motifs is 7. The highest BCUT2D eigenvalue weighted by Gasteiger charge is 2.43. The van der Waals surface area contributed by atoms with Gasteiger partial charge in [0.05, 0.1) is 0 Å². The highest BCUT2D eigenvalue weighted by Crippen LogP contribution is 2.56. The fourth-order valence-electron chi connectivity index (χ4n) is 3.41. The summed E-state index contributed by atoms with van der Waals surface area (Å²) in [6.07, 6.45) is 8.62. The maximum Gasteiger partial charge on any atom is 0.0126 e. The largest absolute Gasteiger partial charge is 0.0838 e. The molecule has 0 N–H and O–H groups in total. The number of allylic oxidation sites excluding steroid dienone is 3. The van der Waals surface area contributed by atoms with Crippen LogP contribution in [0.2, 0.25) is 0 Å². The van der Waals surface area contributed by atoms with Gasteiger partial charge in [-0.05, 0) is 29.4 Å². The van der Waals surface area contributed by atoms with Crippen LogP contribution in [0.3, 0.4) is 0 Å². The van der Waals surface area contributed by atoms with E-state index in [1.165, 1.54) is 12.0 Å². The van der Waals surface area contributed by atoms with Gasteiger partial charge in [0, 0.05) is 5.92 Å². The first-order valence-electron chi connectivity index (χ1n) is 5.42. The molecule has 0 heteroatoms. The van der Waals surface area contributed by atoms with Gasteiger partial charge in [-0.2, -0.15) is 0 Å². The molecule has 0 aliphatic heterocycles. The molecule has 1 saturated carbocycles. The van der Waals surface area contributed by atoms with Crippen molar-refractivity contribution in [3.05, 3.63) is 53.1 Å². The molecular weight excluding hydrogens is 168 g/mol. The molecule has 0 radical (unpaired) electrons. The van der Waals surface area contributed by atoms with Crippen molar-refractivity contribution < 1.29 is 0 Å². The lowest BCUT2D eigenvalue weighted by Gasteiger charge is -2.17. The molecule has 4 rings (SSSR count). The van der Waals surface area contributed by atoms with Gasteiger partial charge in [0.15, 0.2) is 0 Å². The van der Waals surface area contributed by atoms with Crippen LogP contribution in [-0.2, 0) is 0 Å². The SMILES string of the molecule is C1=CC2CC1C1=Cc3ccccc3C12. The normalized spacial score (nSPS) is 35.7. The molecular formula is C14H12. The van der Waals surface area contributed by atoms with E-state index in [9.17, 15) is 0 Å². The molecule has 14 heavy (non-hydrogen) atoms. The Morgan fingerprint density at radius 1 is 1.07 bits per heavy atom. The zero-order chi connectivity index (χ0) is 9.12. The van der Waals surface area contributed by atoms with Gasteiger partial charge in [0.1, 0.15) is 0 Å². The second kappa shape index (κ2) is 2.20. The maximum atomic E-state index is 2.43. The van der Waals surface area contributed by atoms with Crippen LogP contribution in [0.4, 0.5) is 0 Å². The molecule has 0 amide bonds. The van der Waals surface area contributed by atoms with E-state index in [2.05, 4.69) is 42.5 Å². The summed E-state index contributed by atoms with van der Waals surface area (Å²) in [4.78, 5) is 0. The highest BCUT2D eigenvalue weighted by molar-refractivity contribution is 5.70. The Morgan fingerprint density at radius 2 is 2.00 bits per heavy atom. The summed E-state index contributed by atoms with van der Waals surface area (Å²) in [5.74, 6) is 2.30. The molecule has 0 nitrogen and oxygen atoms in total. The summed E-state index contributed by atoms with van der Waals surface area (Å²) in [5, 5.41) is 0. The van der Waals surface area contributed by atoms with Gasteiger partial charge in [-0.15, -0.1) is 0 Å². The molecule has 68 valence electrons. The van der Waals surface area contributed by atoms with Crippen molar-refractivity contribution in [1.29, 1.82) is 0 Å². The van der Waals surface area contributed by atoms with E-state index in [-0.39, 0.29) is 0 Å². The molecule has 0 aromatic heterocycles. The third kappa shape index (κ3) is 0.672. The van der Waals surface area contributed by atoms with Crippen molar-refractivity contribution in [2.45, 2.75) is 12.3 Å². The Balaban J connectivity index is 1.97. The lowest BCUT2D eigenvalue weighted by atomic mass is 9.87. The average Bonchev–Trinajstić information content (AvgIpc) is 2.88. The van der Waals surface area contributed by atoms with Gasteiger partial charge in [0.25, 0.3) is 0 Å². The minimum absolute atomic E-state index is 0.737. The van der Waals surface area contributed by atoms with Crippen molar-refractivity contribution in [3.63, 3.8) is 0 Å². The summed E-state index contributed by atoms with van der Waals surface area (Å²) in [6.45, 7) is 0. The quantitative estimate of drug-likeness (QED) is 0.537. The van der Waals surface area contributed by atoms with Crippen LogP contribution in [0, 0.1) is 11.8 Å². The summed E-state index contributed by atoms with van der Waals surface area (Å²) in [5.41, 5.74) is 4.71. The van der Waals surface area contributed by atoms with E-state index in [1.54, 1.807) is 11.1 Å². The summed E-state index contributed by atoms with van der Waals surface area (Å²) < 4.78 is 0. The first-order chi connectivity index (χ1) is 6.93. The predicted octanol–water partition coefficient (Wildman–Crippen LogP) is 3.37. The fourth-order valence-corrected chi connectivity index (χ4v) is 3.41. The lowest BCUT2D eigenvalue weighted by molar-refractivity contribution is 0.632. The van der Waals surface area contributed by atoms with Crippen LogP contribution in [0.5, 0.6) is 0 Å². The molecule has 0 saturated heterocycles. The number of hydrogen-bond donors (Lipinski definition) is 0. The summed E-state index contributed by atoms with van der Waals surface area (Å²) in [6, 6.07) is 8.87. The third-order valence-electron chi connectivity index (χ3n) is 3.99. The second-order valence-corrected chi connectivity index (χ2v) is 4.64. The van der Waals surface area contributed by atoms with Crippen LogP contribution in [0.1, 0.15) is 23.5 Å². The van der Waals surface area contributed by atoms with Crippen LogP contribution in [0.25, 0.3) is 6.08 Å². The first-order valence-corrected chi connectivity index (χ1v) is 5.42. The summed E-state index contributed by atoms with van der Waals surface area (Å²) >= 11 is 0.